The van der Waals surface area contributed by atoms with Crippen LogP contribution in [0.2, 0.25) is 0 Å². The zero-order chi connectivity index (χ0) is 19.2. The predicted octanol–water partition coefficient (Wildman–Crippen LogP) is 4.48. The quantitative estimate of drug-likeness (QED) is 0.333. The summed E-state index contributed by atoms with van der Waals surface area (Å²) in [5.74, 6) is -0.552. The van der Waals surface area contributed by atoms with Gasteiger partial charge in [0.1, 0.15) is 0 Å². The summed E-state index contributed by atoms with van der Waals surface area (Å²) in [4.78, 5) is 15.9. The number of rotatable bonds is 6. The van der Waals surface area contributed by atoms with Crippen LogP contribution in [0.4, 0.5) is 5.13 Å². The van der Waals surface area contributed by atoms with Crippen LogP contribution in [0.3, 0.4) is 0 Å². The lowest BCUT2D eigenvalue weighted by Crippen LogP contribution is -2.03. The number of carbonyl (C=O) groups is 1. The molecule has 0 aliphatic rings. The monoisotopic (exact) mass is 379 g/mol. The van der Waals surface area contributed by atoms with Gasteiger partial charge in [-0.3, -0.25) is 0 Å². The van der Waals surface area contributed by atoms with Gasteiger partial charge in [0.05, 0.1) is 24.1 Å². The van der Waals surface area contributed by atoms with E-state index in [0.29, 0.717) is 22.0 Å². The summed E-state index contributed by atoms with van der Waals surface area (Å²) in [5, 5.41) is 23.2. The van der Waals surface area contributed by atoms with E-state index in [1.807, 2.05) is 23.6 Å². The molecule has 3 aromatic rings. The Labute approximate surface area is 160 Å². The Bertz CT molecular complexity index is 979. The van der Waals surface area contributed by atoms with Crippen molar-refractivity contribution in [3.8, 4) is 11.3 Å². The lowest BCUT2D eigenvalue weighted by molar-refractivity contribution is 0.0600. The molecule has 136 valence electrons. The molecule has 0 saturated heterocycles. The molecule has 0 unspecified atom stereocenters. The molecule has 0 spiro atoms. The molecule has 0 fully saturated rings. The summed E-state index contributed by atoms with van der Waals surface area (Å²) >= 11 is 1.33. The van der Waals surface area contributed by atoms with Crippen molar-refractivity contribution in [2.75, 3.05) is 12.4 Å². The van der Waals surface area contributed by atoms with E-state index < -0.39 is 5.97 Å². The first-order chi connectivity index (χ1) is 13.1. The third kappa shape index (κ3) is 4.59. The first kappa shape index (κ1) is 18.3. The molecular weight excluding hydrogens is 362 g/mol. The van der Waals surface area contributed by atoms with Crippen molar-refractivity contribution in [2.24, 2.45) is 0 Å². The number of anilines is 1. The van der Waals surface area contributed by atoms with Gasteiger partial charge in [0.15, 0.2) is 11.0 Å². The molecule has 0 bridgehead atoms. The number of esters is 1. The number of carbonyl (C=O) groups excluding carboxylic acids is 1. The number of benzene rings is 2. The molecule has 0 aliphatic carbocycles. The van der Waals surface area contributed by atoms with Crippen LogP contribution in [0, 0.1) is 5.41 Å². The third-order valence-electron chi connectivity index (χ3n) is 3.71. The van der Waals surface area contributed by atoms with E-state index in [0.717, 1.165) is 5.56 Å². The molecule has 0 amide bonds. The fourth-order valence-electron chi connectivity index (χ4n) is 2.34. The first-order valence-corrected chi connectivity index (χ1v) is 8.90. The zero-order valence-electron chi connectivity index (χ0n) is 14.5. The SMILES string of the molecule is COC(=O)c1ccc(-c2csc(N/C(O)=C\C(=N)c3ccccc3)n2)cc1. The van der Waals surface area contributed by atoms with Crippen molar-refractivity contribution >= 4 is 28.1 Å². The third-order valence-corrected chi connectivity index (χ3v) is 4.46. The number of nitrogens with zero attached hydrogens (tertiary/aromatic N) is 1. The minimum Gasteiger partial charge on any atom is -0.494 e. The largest absolute Gasteiger partial charge is 0.494 e. The topological polar surface area (TPSA) is 95.3 Å². The number of thiazole rings is 1. The van der Waals surface area contributed by atoms with Crippen LogP contribution in [0.25, 0.3) is 11.3 Å². The number of hydrogen-bond donors (Lipinski definition) is 3. The Morgan fingerprint density at radius 3 is 2.52 bits per heavy atom. The summed E-state index contributed by atoms with van der Waals surface area (Å²) in [6.07, 6.45) is 1.33. The van der Waals surface area contributed by atoms with Crippen LogP contribution in [0.1, 0.15) is 15.9 Å². The van der Waals surface area contributed by atoms with E-state index in [2.05, 4.69) is 15.0 Å². The van der Waals surface area contributed by atoms with Gasteiger partial charge >= 0.3 is 5.97 Å². The second kappa shape index (κ2) is 8.29. The smallest absolute Gasteiger partial charge is 0.337 e. The molecular formula is C20H17N3O3S. The molecule has 2 aromatic carbocycles. The van der Waals surface area contributed by atoms with E-state index in [9.17, 15) is 9.90 Å². The Hall–Kier alpha value is -3.45. The minimum absolute atomic E-state index is 0.161. The van der Waals surface area contributed by atoms with Gasteiger partial charge in [0.2, 0.25) is 0 Å². The van der Waals surface area contributed by atoms with Gasteiger partial charge in [-0.2, -0.15) is 0 Å². The molecule has 3 N–H and O–H groups in total. The molecule has 1 heterocycles. The summed E-state index contributed by atoms with van der Waals surface area (Å²) < 4.78 is 4.68. The molecule has 3 rings (SSSR count). The maximum Gasteiger partial charge on any atom is 0.337 e. The highest BCUT2D eigenvalue weighted by atomic mass is 32.1. The van der Waals surface area contributed by atoms with E-state index in [4.69, 9.17) is 5.41 Å². The van der Waals surface area contributed by atoms with E-state index in [-0.39, 0.29) is 11.6 Å². The average molecular weight is 379 g/mol. The Balaban J connectivity index is 1.69. The van der Waals surface area contributed by atoms with Crippen LogP contribution < -0.4 is 5.32 Å². The molecule has 6 nitrogen and oxygen atoms in total. The second-order valence-electron chi connectivity index (χ2n) is 5.54. The first-order valence-electron chi connectivity index (χ1n) is 8.03. The number of hydrogen-bond acceptors (Lipinski definition) is 7. The lowest BCUT2D eigenvalue weighted by Gasteiger charge is -2.03. The molecule has 0 atom stereocenters. The van der Waals surface area contributed by atoms with Crippen LogP contribution in [0.15, 0.2) is 71.9 Å². The van der Waals surface area contributed by atoms with Gasteiger partial charge in [-0.25, -0.2) is 9.78 Å². The van der Waals surface area contributed by atoms with Crippen molar-refractivity contribution in [1.29, 1.82) is 5.41 Å². The second-order valence-corrected chi connectivity index (χ2v) is 6.40. The summed E-state index contributed by atoms with van der Waals surface area (Å²) in [6, 6.07) is 16.0. The van der Waals surface area contributed by atoms with Gasteiger partial charge < -0.3 is 20.6 Å². The van der Waals surface area contributed by atoms with Gasteiger partial charge in [0.25, 0.3) is 0 Å². The number of ether oxygens (including phenoxy) is 1. The highest BCUT2D eigenvalue weighted by Gasteiger charge is 2.09. The highest BCUT2D eigenvalue weighted by molar-refractivity contribution is 7.14. The van der Waals surface area contributed by atoms with Crippen LogP contribution >= 0.6 is 11.3 Å². The molecule has 1 aromatic heterocycles. The van der Waals surface area contributed by atoms with Gasteiger partial charge in [-0.1, -0.05) is 42.5 Å². The number of aliphatic hydroxyl groups excluding tert-OH is 1. The van der Waals surface area contributed by atoms with Gasteiger partial charge in [-0.15, -0.1) is 11.3 Å². The molecule has 0 saturated carbocycles. The Kier molecular flexibility index (Phi) is 5.63. The van der Waals surface area contributed by atoms with E-state index in [1.165, 1.54) is 24.5 Å². The summed E-state index contributed by atoms with van der Waals surface area (Å²) in [7, 11) is 1.34. The number of aromatic nitrogens is 1. The van der Waals surface area contributed by atoms with Crippen molar-refractivity contribution in [1.82, 2.24) is 4.98 Å². The number of nitrogens with one attached hydrogen (secondary N) is 2. The number of allylic oxidation sites excluding steroid dienone is 1. The van der Waals surface area contributed by atoms with Crippen LogP contribution in [0.5, 0.6) is 0 Å². The fraction of sp³-hybridized carbons (Fsp3) is 0.0500. The zero-order valence-corrected chi connectivity index (χ0v) is 15.3. The van der Waals surface area contributed by atoms with E-state index >= 15 is 0 Å². The Morgan fingerprint density at radius 1 is 1.15 bits per heavy atom. The molecule has 0 aliphatic heterocycles. The van der Waals surface area contributed by atoms with Crippen molar-refractivity contribution < 1.29 is 14.6 Å². The van der Waals surface area contributed by atoms with Crippen LogP contribution in [-0.2, 0) is 4.74 Å². The lowest BCUT2D eigenvalue weighted by atomic mass is 10.1. The summed E-state index contributed by atoms with van der Waals surface area (Å²) in [5.41, 5.74) is 2.92. The maximum absolute atomic E-state index is 11.5. The maximum atomic E-state index is 11.5. The van der Waals surface area contributed by atoms with Crippen molar-refractivity contribution in [2.45, 2.75) is 0 Å². The minimum atomic E-state index is -0.391. The normalized spacial score (nSPS) is 11.1. The molecule has 27 heavy (non-hydrogen) atoms. The predicted molar refractivity (Wildman–Crippen MR) is 106 cm³/mol. The van der Waals surface area contributed by atoms with Gasteiger partial charge in [-0.05, 0) is 17.7 Å². The average Bonchev–Trinajstić information content (AvgIpc) is 3.16. The molecule has 0 radical (unpaired) electrons. The summed E-state index contributed by atoms with van der Waals surface area (Å²) in [6.45, 7) is 0. The Morgan fingerprint density at radius 2 is 1.85 bits per heavy atom. The van der Waals surface area contributed by atoms with Crippen molar-refractivity contribution in [3.63, 3.8) is 0 Å². The molecule has 7 heteroatoms. The van der Waals surface area contributed by atoms with Crippen LogP contribution in [-0.4, -0.2) is 28.9 Å². The van der Waals surface area contributed by atoms with E-state index in [1.54, 1.807) is 36.4 Å². The highest BCUT2D eigenvalue weighted by Crippen LogP contribution is 2.26. The number of aliphatic hydroxyl groups is 1. The number of methoxy groups -OCH3 is 1. The van der Waals surface area contributed by atoms with Crippen molar-refractivity contribution in [3.05, 3.63) is 83.1 Å². The fourth-order valence-corrected chi connectivity index (χ4v) is 3.07. The van der Waals surface area contributed by atoms with Gasteiger partial charge in [0, 0.05) is 17.0 Å². The standard InChI is InChI=1S/C20H17N3O3S/c1-26-19(25)15-9-7-14(8-10-15)17-12-27-20(22-17)23-18(24)11-16(21)13-5-3-2-4-6-13/h2-12,21,24H,1H3,(H,22,23)/b18-11+,21-16?.